The Labute approximate surface area is 309 Å². The lowest BCUT2D eigenvalue weighted by atomic mass is 9.96. The summed E-state index contributed by atoms with van der Waals surface area (Å²) in [7, 11) is 0. The van der Waals surface area contributed by atoms with Crippen molar-refractivity contribution in [2.75, 3.05) is 0 Å². The molecule has 1 aliphatic heterocycles. The summed E-state index contributed by atoms with van der Waals surface area (Å²) in [5, 5.41) is 25.8. The van der Waals surface area contributed by atoms with Gasteiger partial charge in [0.25, 0.3) is 0 Å². The first kappa shape index (κ1) is 38.3. The molecule has 1 heterocycles. The molecule has 10 nitrogen and oxygen atoms in total. The molecular weight excluding hydrogens is 675 g/mol. The van der Waals surface area contributed by atoms with E-state index in [0.29, 0.717) is 13.0 Å². The van der Waals surface area contributed by atoms with Crippen molar-refractivity contribution in [2.24, 2.45) is 0 Å². The van der Waals surface area contributed by atoms with Crippen LogP contribution in [-0.4, -0.2) is 63.1 Å². The lowest BCUT2D eigenvalue weighted by molar-refractivity contribution is -0.129. The van der Waals surface area contributed by atoms with E-state index in [9.17, 15) is 24.3 Å². The standard InChI is InChI=1S/C41H47N5O5S/c1-41(2)37(39(51)44-32(23-28-15-7-3-8-16-28)33(47)25-34(48)42-26-30-19-11-5-12-20-30)46-40(52-41)36(38(50)43-27-31-21-13-6-14-22-31)45-35(49)24-29-17-9-4-10-18-29/h3-22,32-33,36-37,40,46-47H,23-27H2,1-2H3,(H,42,48)(H,43,50)(H,44,51)(H,45,49)/t32-,33+,36-,37+,40-/m1/s1. The third-order valence-corrected chi connectivity index (χ3v) is 10.5. The molecule has 1 aliphatic rings. The third kappa shape index (κ3) is 11.3. The Balaban J connectivity index is 1.29. The fraction of sp³-hybridized carbons (Fsp3) is 0.317. The molecule has 0 spiro atoms. The van der Waals surface area contributed by atoms with Crippen molar-refractivity contribution in [1.29, 1.82) is 0 Å². The van der Waals surface area contributed by atoms with Crippen LogP contribution in [0.25, 0.3) is 0 Å². The molecule has 0 aromatic heterocycles. The minimum absolute atomic E-state index is 0.0893. The second-order valence-corrected chi connectivity index (χ2v) is 15.3. The number of carbonyl (C=O) groups excluding carboxylic acids is 4. The molecule has 272 valence electrons. The van der Waals surface area contributed by atoms with Crippen LogP contribution in [0.2, 0.25) is 0 Å². The third-order valence-electron chi connectivity index (χ3n) is 8.96. The van der Waals surface area contributed by atoms with Gasteiger partial charge in [0.1, 0.15) is 12.1 Å². The maximum Gasteiger partial charge on any atom is 0.245 e. The van der Waals surface area contributed by atoms with Gasteiger partial charge in [-0.1, -0.05) is 121 Å². The van der Waals surface area contributed by atoms with E-state index in [2.05, 4.69) is 26.6 Å². The van der Waals surface area contributed by atoms with Gasteiger partial charge in [-0.3, -0.25) is 24.5 Å². The maximum atomic E-state index is 14.1. The molecule has 5 rings (SSSR count). The SMILES string of the molecule is CC1(C)S[C@H]([C@H](NC(=O)Cc2ccccc2)C(=O)NCc2ccccc2)N[C@H]1C(=O)N[C@H](Cc1ccccc1)[C@@H](O)CC(=O)NCc1ccccc1. The lowest BCUT2D eigenvalue weighted by Gasteiger charge is -2.29. The summed E-state index contributed by atoms with van der Waals surface area (Å²) < 4.78 is -0.716. The molecule has 5 atom stereocenters. The molecule has 1 fully saturated rings. The number of hydrogen-bond donors (Lipinski definition) is 6. The largest absolute Gasteiger partial charge is 0.390 e. The van der Waals surface area contributed by atoms with Crippen molar-refractivity contribution in [1.82, 2.24) is 26.6 Å². The van der Waals surface area contributed by atoms with Crippen molar-refractivity contribution >= 4 is 35.4 Å². The molecule has 0 unspecified atom stereocenters. The number of amides is 4. The monoisotopic (exact) mass is 721 g/mol. The summed E-state index contributed by atoms with van der Waals surface area (Å²) in [6.45, 7) is 4.40. The second-order valence-electron chi connectivity index (χ2n) is 13.5. The zero-order chi connectivity index (χ0) is 36.9. The Bertz CT molecular complexity index is 1760. The first-order valence-corrected chi connectivity index (χ1v) is 18.4. The van der Waals surface area contributed by atoms with Crippen LogP contribution in [0, 0.1) is 0 Å². The number of hydrogen-bond acceptors (Lipinski definition) is 7. The van der Waals surface area contributed by atoms with E-state index in [0.717, 1.165) is 22.3 Å². The van der Waals surface area contributed by atoms with Crippen LogP contribution < -0.4 is 26.6 Å². The van der Waals surface area contributed by atoms with Crippen LogP contribution in [0.3, 0.4) is 0 Å². The minimum Gasteiger partial charge on any atom is -0.390 e. The Morgan fingerprint density at radius 2 is 1.19 bits per heavy atom. The highest BCUT2D eigenvalue weighted by Crippen LogP contribution is 2.39. The van der Waals surface area contributed by atoms with Gasteiger partial charge in [0.2, 0.25) is 23.6 Å². The molecule has 0 saturated carbocycles. The molecule has 4 amide bonds. The van der Waals surface area contributed by atoms with Crippen molar-refractivity contribution in [3.8, 4) is 0 Å². The Kier molecular flexibility index (Phi) is 13.6. The number of thioether (sulfide) groups is 1. The first-order valence-electron chi connectivity index (χ1n) is 17.5. The quantitative estimate of drug-likeness (QED) is 0.104. The van der Waals surface area contributed by atoms with E-state index in [1.165, 1.54) is 11.8 Å². The van der Waals surface area contributed by atoms with Gasteiger partial charge in [-0.2, -0.15) is 0 Å². The zero-order valence-corrected chi connectivity index (χ0v) is 30.3. The molecule has 4 aromatic rings. The van der Waals surface area contributed by atoms with E-state index in [4.69, 9.17) is 0 Å². The molecule has 0 radical (unpaired) electrons. The molecule has 6 N–H and O–H groups in total. The highest BCUT2D eigenvalue weighted by atomic mass is 32.2. The van der Waals surface area contributed by atoms with E-state index in [1.807, 2.05) is 135 Å². The van der Waals surface area contributed by atoms with Gasteiger partial charge in [-0.05, 0) is 42.5 Å². The summed E-state index contributed by atoms with van der Waals surface area (Å²) in [6, 6.07) is 35.1. The molecule has 52 heavy (non-hydrogen) atoms. The zero-order valence-electron chi connectivity index (χ0n) is 29.5. The summed E-state index contributed by atoms with van der Waals surface area (Å²) in [4.78, 5) is 54.0. The number of nitrogens with one attached hydrogen (secondary N) is 5. The van der Waals surface area contributed by atoms with Crippen molar-refractivity contribution in [3.05, 3.63) is 144 Å². The number of benzene rings is 4. The molecule has 4 aromatic carbocycles. The predicted molar refractivity (Wildman–Crippen MR) is 204 cm³/mol. The Hall–Kier alpha value is -4.97. The summed E-state index contributed by atoms with van der Waals surface area (Å²) in [6.07, 6.45) is -1.00. The highest BCUT2D eigenvalue weighted by molar-refractivity contribution is 8.01. The van der Waals surface area contributed by atoms with Gasteiger partial charge in [-0.15, -0.1) is 11.8 Å². The van der Waals surface area contributed by atoms with Crippen LogP contribution in [-0.2, 0) is 45.1 Å². The molecule has 1 saturated heterocycles. The maximum absolute atomic E-state index is 14.1. The van der Waals surface area contributed by atoms with E-state index in [1.54, 1.807) is 0 Å². The average Bonchev–Trinajstić information content (AvgIpc) is 3.47. The summed E-state index contributed by atoms with van der Waals surface area (Å²) in [5.74, 6) is -1.43. The van der Waals surface area contributed by atoms with Gasteiger partial charge >= 0.3 is 0 Å². The molecular formula is C41H47N5O5S. The van der Waals surface area contributed by atoms with Gasteiger partial charge in [0, 0.05) is 17.8 Å². The lowest BCUT2D eigenvalue weighted by Crippen LogP contribution is -2.59. The van der Waals surface area contributed by atoms with Crippen molar-refractivity contribution in [2.45, 2.75) is 80.5 Å². The Morgan fingerprint density at radius 1 is 0.692 bits per heavy atom. The van der Waals surface area contributed by atoms with E-state index < -0.39 is 34.4 Å². The van der Waals surface area contributed by atoms with Crippen molar-refractivity contribution in [3.63, 3.8) is 0 Å². The van der Waals surface area contributed by atoms with Crippen LogP contribution in [0.1, 0.15) is 42.5 Å². The fourth-order valence-electron chi connectivity index (χ4n) is 6.15. The molecule has 0 bridgehead atoms. The van der Waals surface area contributed by atoms with E-state index >= 15 is 0 Å². The fourth-order valence-corrected chi connectivity index (χ4v) is 7.65. The van der Waals surface area contributed by atoms with Gasteiger partial charge in [-0.25, -0.2) is 0 Å². The number of rotatable bonds is 16. The molecule has 11 heteroatoms. The Morgan fingerprint density at radius 3 is 1.75 bits per heavy atom. The molecule has 0 aliphatic carbocycles. The average molecular weight is 722 g/mol. The highest BCUT2D eigenvalue weighted by Gasteiger charge is 2.49. The van der Waals surface area contributed by atoms with Crippen LogP contribution in [0.15, 0.2) is 121 Å². The topological polar surface area (TPSA) is 149 Å². The van der Waals surface area contributed by atoms with Crippen LogP contribution in [0.5, 0.6) is 0 Å². The van der Waals surface area contributed by atoms with Gasteiger partial charge in [0.05, 0.1) is 30.4 Å². The van der Waals surface area contributed by atoms with Crippen LogP contribution >= 0.6 is 11.8 Å². The smallest absolute Gasteiger partial charge is 0.245 e. The first-order chi connectivity index (χ1) is 25.1. The van der Waals surface area contributed by atoms with E-state index in [-0.39, 0.29) is 43.0 Å². The second kappa shape index (κ2) is 18.5. The summed E-state index contributed by atoms with van der Waals surface area (Å²) >= 11 is 1.39. The number of aliphatic hydroxyl groups excluding tert-OH is 1. The summed E-state index contributed by atoms with van der Waals surface area (Å²) in [5.41, 5.74) is 3.54. The van der Waals surface area contributed by atoms with Gasteiger partial charge in [0.15, 0.2) is 0 Å². The number of carbonyl (C=O) groups is 4. The normalized spacial score (nSPS) is 18.0. The number of aliphatic hydroxyl groups is 1. The van der Waals surface area contributed by atoms with Crippen LogP contribution in [0.4, 0.5) is 0 Å². The van der Waals surface area contributed by atoms with Gasteiger partial charge < -0.3 is 26.4 Å². The predicted octanol–water partition coefficient (Wildman–Crippen LogP) is 3.63. The minimum atomic E-state index is -1.18. The van der Waals surface area contributed by atoms with Crippen molar-refractivity contribution < 1.29 is 24.3 Å².